The van der Waals surface area contributed by atoms with Gasteiger partial charge in [0.05, 0.1) is 10.9 Å². The zero-order chi connectivity index (χ0) is 11.9. The molecule has 1 N–H and O–H groups in total. The van der Waals surface area contributed by atoms with Crippen molar-refractivity contribution in [2.75, 3.05) is 0 Å². The van der Waals surface area contributed by atoms with Crippen LogP contribution in [0.5, 0.6) is 0 Å². The van der Waals surface area contributed by atoms with Gasteiger partial charge in [0.2, 0.25) is 11.8 Å². The van der Waals surface area contributed by atoms with Crippen LogP contribution in [0.1, 0.15) is 33.6 Å². The van der Waals surface area contributed by atoms with Gasteiger partial charge in [-0.1, -0.05) is 0 Å². The molecule has 1 fully saturated rings. The molecular formula is C10H16ClF2NO. The first kappa shape index (κ1) is 12.7. The normalized spacial score (nSPS) is 23.1. The Labute approximate surface area is 93.4 Å². The lowest BCUT2D eigenvalue weighted by Crippen LogP contribution is -2.54. The van der Waals surface area contributed by atoms with Crippen LogP contribution in [0.4, 0.5) is 8.78 Å². The van der Waals surface area contributed by atoms with Crippen LogP contribution in [0.15, 0.2) is 0 Å². The quantitative estimate of drug-likeness (QED) is 0.754. The molecule has 0 spiro atoms. The molecule has 1 unspecified atom stereocenters. The summed E-state index contributed by atoms with van der Waals surface area (Å²) in [7, 11) is 0. The number of hydrogen-bond donors (Lipinski definition) is 1. The third-order valence-electron chi connectivity index (χ3n) is 2.90. The highest BCUT2D eigenvalue weighted by molar-refractivity contribution is 6.21. The van der Waals surface area contributed by atoms with E-state index in [0.717, 1.165) is 0 Å². The molecule has 2 nitrogen and oxygen atoms in total. The molecule has 1 aliphatic carbocycles. The molecule has 1 rings (SSSR count). The zero-order valence-corrected chi connectivity index (χ0v) is 9.87. The smallest absolute Gasteiger partial charge is 0.249 e. The van der Waals surface area contributed by atoms with E-state index in [1.807, 2.05) is 0 Å². The van der Waals surface area contributed by atoms with E-state index in [1.54, 1.807) is 20.8 Å². The predicted octanol–water partition coefficient (Wildman–Crippen LogP) is 2.55. The molecule has 5 heteroatoms. The second-order valence-corrected chi connectivity index (χ2v) is 5.44. The van der Waals surface area contributed by atoms with Crippen LogP contribution in [0.2, 0.25) is 0 Å². The van der Waals surface area contributed by atoms with Crippen molar-refractivity contribution in [1.82, 2.24) is 5.32 Å². The maximum atomic E-state index is 12.5. The zero-order valence-electron chi connectivity index (χ0n) is 9.11. The molecule has 1 amide bonds. The van der Waals surface area contributed by atoms with Gasteiger partial charge in [-0.15, -0.1) is 11.6 Å². The summed E-state index contributed by atoms with van der Waals surface area (Å²) in [6.45, 7) is 5.32. The fraction of sp³-hybridized carbons (Fsp3) is 0.900. The van der Waals surface area contributed by atoms with Gasteiger partial charge in [-0.2, -0.15) is 0 Å². The lowest BCUT2D eigenvalue weighted by molar-refractivity contribution is -0.151. The second kappa shape index (κ2) is 3.89. The highest BCUT2D eigenvalue weighted by Crippen LogP contribution is 2.42. The first-order valence-electron chi connectivity index (χ1n) is 4.98. The van der Waals surface area contributed by atoms with Crippen LogP contribution >= 0.6 is 11.6 Å². The highest BCUT2D eigenvalue weighted by atomic mass is 35.5. The number of halogens is 3. The molecule has 88 valence electrons. The molecular weight excluding hydrogens is 224 g/mol. The standard InChI is InChI=1S/C10H16ClF2NO/c1-6(11)9(2,3)14-8(15)7-4-10(12,13)5-7/h6-7H,4-5H2,1-3H3,(H,14,15). The van der Waals surface area contributed by atoms with E-state index in [0.29, 0.717) is 0 Å². The van der Waals surface area contributed by atoms with Gasteiger partial charge in [-0.3, -0.25) is 4.79 Å². The van der Waals surface area contributed by atoms with E-state index >= 15 is 0 Å². The van der Waals surface area contributed by atoms with Crippen molar-refractivity contribution in [2.45, 2.75) is 50.5 Å². The molecule has 1 saturated carbocycles. The average molecular weight is 240 g/mol. The molecule has 0 radical (unpaired) electrons. The predicted molar refractivity (Wildman–Crippen MR) is 55.2 cm³/mol. The van der Waals surface area contributed by atoms with Gasteiger partial charge >= 0.3 is 0 Å². The number of nitrogens with one attached hydrogen (secondary N) is 1. The summed E-state index contributed by atoms with van der Waals surface area (Å²) < 4.78 is 25.1. The first-order chi connectivity index (χ1) is 6.64. The topological polar surface area (TPSA) is 29.1 Å². The van der Waals surface area contributed by atoms with Gasteiger partial charge in [0, 0.05) is 18.8 Å². The Morgan fingerprint density at radius 3 is 2.33 bits per heavy atom. The largest absolute Gasteiger partial charge is 0.350 e. The Bertz CT molecular complexity index is 258. The van der Waals surface area contributed by atoms with Gasteiger partial charge in [-0.25, -0.2) is 8.78 Å². The maximum absolute atomic E-state index is 12.5. The van der Waals surface area contributed by atoms with Crippen molar-refractivity contribution in [3.63, 3.8) is 0 Å². The third kappa shape index (κ3) is 3.03. The Hall–Kier alpha value is -0.380. The Balaban J connectivity index is 2.44. The molecule has 15 heavy (non-hydrogen) atoms. The van der Waals surface area contributed by atoms with Gasteiger partial charge < -0.3 is 5.32 Å². The fourth-order valence-corrected chi connectivity index (χ4v) is 1.42. The Kier molecular flexibility index (Phi) is 3.29. The number of amides is 1. The van der Waals surface area contributed by atoms with Crippen molar-refractivity contribution in [3.05, 3.63) is 0 Å². The summed E-state index contributed by atoms with van der Waals surface area (Å²) in [5.74, 6) is -3.54. The number of hydrogen-bond acceptors (Lipinski definition) is 1. The Morgan fingerprint density at radius 1 is 1.53 bits per heavy atom. The number of alkyl halides is 3. The van der Waals surface area contributed by atoms with Gasteiger partial charge in [0.1, 0.15) is 0 Å². The molecule has 0 saturated heterocycles. The van der Waals surface area contributed by atoms with Crippen molar-refractivity contribution in [2.24, 2.45) is 5.92 Å². The van der Waals surface area contributed by atoms with E-state index in [9.17, 15) is 13.6 Å². The molecule has 1 atom stereocenters. The lowest BCUT2D eigenvalue weighted by atomic mass is 9.80. The van der Waals surface area contributed by atoms with Gasteiger partial charge in [0.15, 0.2) is 0 Å². The van der Waals surface area contributed by atoms with Gasteiger partial charge in [0.25, 0.3) is 0 Å². The number of carbonyl (C=O) groups is 1. The highest BCUT2D eigenvalue weighted by Gasteiger charge is 2.49. The van der Waals surface area contributed by atoms with Crippen molar-refractivity contribution in [1.29, 1.82) is 0 Å². The maximum Gasteiger partial charge on any atom is 0.249 e. The molecule has 1 aliphatic rings. The van der Waals surface area contributed by atoms with E-state index in [4.69, 9.17) is 11.6 Å². The van der Waals surface area contributed by atoms with Crippen LogP contribution in [0.3, 0.4) is 0 Å². The van der Waals surface area contributed by atoms with E-state index < -0.39 is 17.4 Å². The Morgan fingerprint density at radius 2 is 2.00 bits per heavy atom. The monoisotopic (exact) mass is 239 g/mol. The van der Waals surface area contributed by atoms with Crippen LogP contribution in [0.25, 0.3) is 0 Å². The summed E-state index contributed by atoms with van der Waals surface area (Å²) in [6.07, 6.45) is -0.683. The summed E-state index contributed by atoms with van der Waals surface area (Å²) in [6, 6.07) is 0. The lowest BCUT2D eigenvalue weighted by Gasteiger charge is -2.37. The second-order valence-electron chi connectivity index (χ2n) is 4.79. The van der Waals surface area contributed by atoms with Crippen LogP contribution < -0.4 is 5.32 Å². The molecule has 0 aromatic heterocycles. The van der Waals surface area contributed by atoms with Gasteiger partial charge in [-0.05, 0) is 20.8 Å². The number of rotatable bonds is 3. The average Bonchev–Trinajstić information content (AvgIpc) is 1.98. The van der Waals surface area contributed by atoms with Crippen LogP contribution in [-0.4, -0.2) is 22.7 Å². The molecule has 0 bridgehead atoms. The summed E-state index contributed by atoms with van der Waals surface area (Å²) in [5, 5.41) is 2.44. The van der Waals surface area contributed by atoms with Crippen LogP contribution in [-0.2, 0) is 4.79 Å². The van der Waals surface area contributed by atoms with Crippen LogP contribution in [0, 0.1) is 5.92 Å². The minimum atomic E-state index is -2.65. The molecule has 0 aromatic rings. The molecule has 0 aromatic carbocycles. The van der Waals surface area contributed by atoms with Crippen molar-refractivity contribution in [3.8, 4) is 0 Å². The SMILES string of the molecule is CC(Cl)C(C)(C)NC(=O)C1CC(F)(F)C1. The fourth-order valence-electron chi connectivity index (χ4n) is 1.37. The molecule has 0 aliphatic heterocycles. The third-order valence-corrected chi connectivity index (χ3v) is 3.45. The summed E-state index contributed by atoms with van der Waals surface area (Å²) in [4.78, 5) is 11.5. The number of carbonyl (C=O) groups excluding carboxylic acids is 1. The minimum Gasteiger partial charge on any atom is -0.350 e. The van der Waals surface area contributed by atoms with Crippen molar-refractivity contribution >= 4 is 17.5 Å². The minimum absolute atomic E-state index is 0.248. The van der Waals surface area contributed by atoms with Crippen molar-refractivity contribution < 1.29 is 13.6 Å². The summed E-state index contributed by atoms with van der Waals surface area (Å²) in [5.41, 5.74) is -0.566. The summed E-state index contributed by atoms with van der Waals surface area (Å²) >= 11 is 5.87. The van der Waals surface area contributed by atoms with E-state index in [1.165, 1.54) is 0 Å². The van der Waals surface area contributed by atoms with E-state index in [-0.39, 0.29) is 24.1 Å². The first-order valence-corrected chi connectivity index (χ1v) is 5.42. The van der Waals surface area contributed by atoms with E-state index in [2.05, 4.69) is 5.32 Å². The molecule has 0 heterocycles.